The molecule has 0 spiro atoms. The van der Waals surface area contributed by atoms with Gasteiger partial charge in [0.1, 0.15) is 29.0 Å². The topological polar surface area (TPSA) is 93.4 Å². The Morgan fingerprint density at radius 1 is 1.10 bits per heavy atom. The van der Waals surface area contributed by atoms with Crippen molar-refractivity contribution in [1.82, 2.24) is 20.4 Å². The number of nitrogens with one attached hydrogen (secondary N) is 1. The average molecular weight is 422 g/mol. The van der Waals surface area contributed by atoms with Crippen LogP contribution in [0.25, 0.3) is 22.4 Å². The van der Waals surface area contributed by atoms with Crippen molar-refractivity contribution >= 4 is 22.8 Å². The van der Waals surface area contributed by atoms with Crippen molar-refractivity contribution in [2.45, 2.75) is 44.6 Å². The number of hydrogen-bond acceptors (Lipinski definition) is 7. The SMILES string of the molecule is COc1ccc(-c2noc3ncnc(N4CCC(C(=O)NC5CCCC5)CC4)c23)cc1. The molecule has 2 aliphatic rings. The van der Waals surface area contributed by atoms with Crippen LogP contribution in [0.1, 0.15) is 38.5 Å². The Balaban J connectivity index is 1.34. The summed E-state index contributed by atoms with van der Waals surface area (Å²) in [6.45, 7) is 1.53. The van der Waals surface area contributed by atoms with Crippen LogP contribution in [-0.2, 0) is 4.79 Å². The van der Waals surface area contributed by atoms with Gasteiger partial charge >= 0.3 is 0 Å². The summed E-state index contributed by atoms with van der Waals surface area (Å²) in [6, 6.07) is 8.07. The van der Waals surface area contributed by atoms with Crippen molar-refractivity contribution in [1.29, 1.82) is 0 Å². The largest absolute Gasteiger partial charge is 0.497 e. The second kappa shape index (κ2) is 8.53. The summed E-state index contributed by atoms with van der Waals surface area (Å²) >= 11 is 0. The minimum absolute atomic E-state index is 0.0673. The van der Waals surface area contributed by atoms with Gasteiger partial charge in [-0.3, -0.25) is 4.79 Å². The number of piperidine rings is 1. The monoisotopic (exact) mass is 421 g/mol. The van der Waals surface area contributed by atoms with Crippen molar-refractivity contribution in [3.8, 4) is 17.0 Å². The molecule has 0 unspecified atom stereocenters. The number of methoxy groups -OCH3 is 1. The predicted molar refractivity (Wildman–Crippen MR) is 117 cm³/mol. The number of rotatable bonds is 5. The van der Waals surface area contributed by atoms with Gasteiger partial charge in [0.15, 0.2) is 0 Å². The lowest BCUT2D eigenvalue weighted by Crippen LogP contribution is -2.43. The molecule has 1 N–H and O–H groups in total. The van der Waals surface area contributed by atoms with Crippen molar-refractivity contribution in [3.05, 3.63) is 30.6 Å². The first-order chi connectivity index (χ1) is 15.2. The van der Waals surface area contributed by atoms with E-state index in [2.05, 4.69) is 25.3 Å². The van der Waals surface area contributed by atoms with E-state index in [1.165, 1.54) is 19.2 Å². The van der Waals surface area contributed by atoms with Crippen molar-refractivity contribution < 1.29 is 14.1 Å². The van der Waals surface area contributed by atoms with Crippen LogP contribution in [0.15, 0.2) is 35.1 Å². The quantitative estimate of drug-likeness (QED) is 0.673. The number of fused-ring (bicyclic) bond motifs is 1. The fraction of sp³-hybridized carbons (Fsp3) is 0.478. The Hall–Kier alpha value is -3.16. The number of amides is 1. The van der Waals surface area contributed by atoms with E-state index in [0.29, 0.717) is 17.4 Å². The molecule has 0 atom stereocenters. The Bertz CT molecular complexity index is 1050. The van der Waals surface area contributed by atoms with Crippen LogP contribution >= 0.6 is 0 Å². The summed E-state index contributed by atoms with van der Waals surface area (Å²) < 4.78 is 10.8. The number of nitrogens with zero attached hydrogens (tertiary/aromatic N) is 4. The zero-order chi connectivity index (χ0) is 21.2. The highest BCUT2D eigenvalue weighted by atomic mass is 16.5. The van der Waals surface area contributed by atoms with Gasteiger partial charge in [-0.15, -0.1) is 0 Å². The van der Waals surface area contributed by atoms with E-state index in [9.17, 15) is 4.79 Å². The second-order valence-electron chi connectivity index (χ2n) is 8.39. The molecule has 2 aromatic heterocycles. The molecule has 8 heteroatoms. The molecule has 1 aliphatic heterocycles. The Morgan fingerprint density at radius 2 is 1.84 bits per heavy atom. The lowest BCUT2D eigenvalue weighted by atomic mass is 9.95. The number of benzene rings is 1. The summed E-state index contributed by atoms with van der Waals surface area (Å²) in [7, 11) is 1.64. The lowest BCUT2D eigenvalue weighted by Gasteiger charge is -2.32. The summed E-state index contributed by atoms with van der Waals surface area (Å²) in [5.74, 6) is 1.87. The van der Waals surface area contributed by atoms with E-state index in [4.69, 9.17) is 9.26 Å². The number of ether oxygens (including phenoxy) is 1. The van der Waals surface area contributed by atoms with Crippen LogP contribution in [0.5, 0.6) is 5.75 Å². The molecule has 1 saturated heterocycles. The highest BCUT2D eigenvalue weighted by Gasteiger charge is 2.29. The maximum Gasteiger partial charge on any atom is 0.263 e. The molecular formula is C23H27N5O3. The van der Waals surface area contributed by atoms with Gasteiger partial charge in [-0.2, -0.15) is 4.98 Å². The molecule has 0 bridgehead atoms. The minimum atomic E-state index is 0.0673. The third-order valence-electron chi connectivity index (χ3n) is 6.48. The fourth-order valence-electron chi connectivity index (χ4n) is 4.70. The highest BCUT2D eigenvalue weighted by molar-refractivity contribution is 5.98. The zero-order valence-electron chi connectivity index (χ0n) is 17.7. The minimum Gasteiger partial charge on any atom is -0.497 e. The van der Waals surface area contributed by atoms with E-state index in [0.717, 1.165) is 61.3 Å². The van der Waals surface area contributed by atoms with Crippen LogP contribution in [0.2, 0.25) is 0 Å². The molecule has 8 nitrogen and oxygen atoms in total. The number of aromatic nitrogens is 3. The Kier molecular flexibility index (Phi) is 5.44. The lowest BCUT2D eigenvalue weighted by molar-refractivity contribution is -0.126. The Morgan fingerprint density at radius 3 is 2.55 bits per heavy atom. The van der Waals surface area contributed by atoms with Crippen molar-refractivity contribution in [2.75, 3.05) is 25.1 Å². The predicted octanol–water partition coefficient (Wildman–Crippen LogP) is 3.57. The molecule has 31 heavy (non-hydrogen) atoms. The molecule has 3 aromatic rings. The van der Waals surface area contributed by atoms with Crippen LogP contribution in [0, 0.1) is 5.92 Å². The summed E-state index contributed by atoms with van der Waals surface area (Å²) in [4.78, 5) is 23.7. The number of hydrogen-bond donors (Lipinski definition) is 1. The number of anilines is 1. The molecular weight excluding hydrogens is 394 g/mol. The van der Waals surface area contributed by atoms with Crippen molar-refractivity contribution in [3.63, 3.8) is 0 Å². The van der Waals surface area contributed by atoms with E-state index in [1.807, 2.05) is 24.3 Å². The van der Waals surface area contributed by atoms with Gasteiger partial charge in [-0.1, -0.05) is 18.0 Å². The van der Waals surface area contributed by atoms with E-state index in [-0.39, 0.29) is 11.8 Å². The summed E-state index contributed by atoms with van der Waals surface area (Å²) in [5.41, 5.74) is 2.10. The van der Waals surface area contributed by atoms with Gasteiger partial charge in [0.2, 0.25) is 5.91 Å². The Labute approximate surface area is 181 Å². The molecule has 1 aliphatic carbocycles. The maximum absolute atomic E-state index is 12.7. The molecule has 0 radical (unpaired) electrons. The van der Waals surface area contributed by atoms with Crippen molar-refractivity contribution in [2.24, 2.45) is 5.92 Å². The second-order valence-corrected chi connectivity index (χ2v) is 8.39. The highest BCUT2D eigenvalue weighted by Crippen LogP contribution is 2.35. The zero-order valence-corrected chi connectivity index (χ0v) is 17.7. The molecule has 1 aromatic carbocycles. The van der Waals surface area contributed by atoms with Gasteiger partial charge in [0.05, 0.1) is 7.11 Å². The van der Waals surface area contributed by atoms with Crippen LogP contribution in [0.4, 0.5) is 5.82 Å². The van der Waals surface area contributed by atoms with Gasteiger partial charge in [-0.05, 0) is 49.9 Å². The third-order valence-corrected chi connectivity index (χ3v) is 6.48. The molecule has 2 fully saturated rings. The standard InChI is InChI=1S/C23H27N5O3/c1-30-18-8-6-15(7-9-18)20-19-21(24-14-25-23(19)31-27-20)28-12-10-16(11-13-28)22(29)26-17-4-2-3-5-17/h6-9,14,16-17H,2-5,10-13H2,1H3,(H,26,29). The van der Waals surface area contributed by atoms with Gasteiger partial charge in [0.25, 0.3) is 5.71 Å². The van der Waals surface area contributed by atoms with E-state index in [1.54, 1.807) is 7.11 Å². The molecule has 1 saturated carbocycles. The van der Waals surface area contributed by atoms with Crippen LogP contribution in [-0.4, -0.2) is 47.3 Å². The van der Waals surface area contributed by atoms with E-state index >= 15 is 0 Å². The smallest absolute Gasteiger partial charge is 0.263 e. The molecule has 5 rings (SSSR count). The van der Waals surface area contributed by atoms with Crippen LogP contribution in [0.3, 0.4) is 0 Å². The van der Waals surface area contributed by atoms with Gasteiger partial charge in [0, 0.05) is 30.6 Å². The van der Waals surface area contributed by atoms with E-state index < -0.39 is 0 Å². The first kappa shape index (κ1) is 19.8. The summed E-state index contributed by atoms with van der Waals surface area (Å²) in [6.07, 6.45) is 7.82. The third kappa shape index (κ3) is 3.94. The first-order valence-electron chi connectivity index (χ1n) is 11.0. The number of carbonyl (C=O) groups excluding carboxylic acids is 1. The average Bonchev–Trinajstić information content (AvgIpc) is 3.49. The maximum atomic E-state index is 12.7. The molecule has 162 valence electrons. The fourth-order valence-corrected chi connectivity index (χ4v) is 4.70. The first-order valence-corrected chi connectivity index (χ1v) is 11.0. The van der Waals surface area contributed by atoms with Gasteiger partial charge < -0.3 is 19.5 Å². The molecule has 3 heterocycles. The van der Waals surface area contributed by atoms with Gasteiger partial charge in [-0.25, -0.2) is 4.98 Å². The number of carbonyl (C=O) groups is 1. The van der Waals surface area contributed by atoms with Crippen LogP contribution < -0.4 is 15.0 Å². The normalized spacial score (nSPS) is 17.9. The molecule has 1 amide bonds. The summed E-state index contributed by atoms with van der Waals surface area (Å²) in [5, 5.41) is 8.33.